The van der Waals surface area contributed by atoms with E-state index in [9.17, 15) is 5.11 Å². The number of ether oxygens (including phenoxy) is 2. The maximum atomic E-state index is 10.5. The fraction of sp³-hybridized carbons (Fsp3) is 0.529. The molecule has 0 fully saturated rings. The van der Waals surface area contributed by atoms with E-state index in [2.05, 4.69) is 6.08 Å². The number of methoxy groups -OCH3 is 1. The third-order valence-electron chi connectivity index (χ3n) is 3.70. The Bertz CT molecular complexity index is 538. The zero-order valence-corrected chi connectivity index (χ0v) is 13.0. The van der Waals surface area contributed by atoms with Crippen molar-refractivity contribution >= 4 is 0 Å². The van der Waals surface area contributed by atoms with Crippen molar-refractivity contribution in [1.82, 2.24) is 0 Å². The lowest BCUT2D eigenvalue weighted by molar-refractivity contribution is 0.0793. The molecule has 0 unspecified atom stereocenters. The molecule has 1 aromatic rings. The van der Waals surface area contributed by atoms with Gasteiger partial charge in [0.15, 0.2) is 11.5 Å². The lowest BCUT2D eigenvalue weighted by Crippen LogP contribution is -2.32. The first kappa shape index (κ1) is 14.8. The van der Waals surface area contributed by atoms with Gasteiger partial charge in [0, 0.05) is 11.1 Å². The Morgan fingerprint density at radius 1 is 1.45 bits per heavy atom. The third-order valence-corrected chi connectivity index (χ3v) is 3.70. The van der Waals surface area contributed by atoms with Gasteiger partial charge in [-0.15, -0.1) is 0 Å². The summed E-state index contributed by atoms with van der Waals surface area (Å²) in [5.41, 5.74) is 2.80. The molecule has 0 atom stereocenters. The number of rotatable bonds is 3. The molecule has 1 N–H and O–H groups in total. The van der Waals surface area contributed by atoms with Gasteiger partial charge in [-0.25, -0.2) is 0 Å². The quantitative estimate of drug-likeness (QED) is 0.848. The Morgan fingerprint density at radius 3 is 2.75 bits per heavy atom. The minimum atomic E-state index is -0.245. The predicted octanol–water partition coefficient (Wildman–Crippen LogP) is 4.01. The monoisotopic (exact) mass is 276 g/mol. The SMILES string of the molecule is COc1cc(CC=C(C)C)c(O)c2c1CCC(C)(C)O2. The summed E-state index contributed by atoms with van der Waals surface area (Å²) in [4.78, 5) is 0. The van der Waals surface area contributed by atoms with Crippen LogP contribution in [0.2, 0.25) is 0 Å². The van der Waals surface area contributed by atoms with E-state index in [0.717, 1.165) is 29.7 Å². The summed E-state index contributed by atoms with van der Waals surface area (Å²) in [6.45, 7) is 8.19. The van der Waals surface area contributed by atoms with Gasteiger partial charge in [-0.3, -0.25) is 0 Å². The Kier molecular flexibility index (Phi) is 3.98. The molecule has 3 nitrogen and oxygen atoms in total. The molecule has 0 amide bonds. The summed E-state index contributed by atoms with van der Waals surface area (Å²) in [6, 6.07) is 1.93. The number of hydrogen-bond acceptors (Lipinski definition) is 3. The maximum absolute atomic E-state index is 10.5. The molecule has 3 heteroatoms. The number of phenolic OH excluding ortho intramolecular Hbond substituents is 1. The molecule has 1 heterocycles. The van der Waals surface area contributed by atoms with Crippen molar-refractivity contribution < 1.29 is 14.6 Å². The van der Waals surface area contributed by atoms with Gasteiger partial charge in [0.25, 0.3) is 0 Å². The second-order valence-electron chi connectivity index (χ2n) is 6.24. The zero-order valence-electron chi connectivity index (χ0n) is 13.0. The zero-order chi connectivity index (χ0) is 14.9. The normalized spacial score (nSPS) is 16.1. The predicted molar refractivity (Wildman–Crippen MR) is 80.8 cm³/mol. The highest BCUT2D eigenvalue weighted by Gasteiger charge is 2.31. The highest BCUT2D eigenvalue weighted by molar-refractivity contribution is 5.59. The topological polar surface area (TPSA) is 38.7 Å². The number of phenols is 1. The van der Waals surface area contributed by atoms with Crippen molar-refractivity contribution in [3.63, 3.8) is 0 Å². The molecule has 1 aliphatic rings. The van der Waals surface area contributed by atoms with E-state index in [1.54, 1.807) is 7.11 Å². The second kappa shape index (κ2) is 5.39. The van der Waals surface area contributed by atoms with Crippen molar-refractivity contribution in [3.8, 4) is 17.2 Å². The van der Waals surface area contributed by atoms with Crippen molar-refractivity contribution in [2.24, 2.45) is 0 Å². The molecule has 1 aromatic carbocycles. The molecular formula is C17H24O3. The van der Waals surface area contributed by atoms with Crippen LogP contribution in [-0.4, -0.2) is 17.8 Å². The van der Waals surface area contributed by atoms with E-state index >= 15 is 0 Å². The van der Waals surface area contributed by atoms with Gasteiger partial charge in [0.05, 0.1) is 7.11 Å². The molecular weight excluding hydrogens is 252 g/mol. The number of allylic oxidation sites excluding steroid dienone is 2. The molecule has 20 heavy (non-hydrogen) atoms. The van der Waals surface area contributed by atoms with Gasteiger partial charge in [-0.1, -0.05) is 11.6 Å². The van der Waals surface area contributed by atoms with Gasteiger partial charge in [0.2, 0.25) is 0 Å². The molecule has 0 saturated carbocycles. The molecule has 110 valence electrons. The largest absolute Gasteiger partial charge is 0.504 e. The summed E-state index contributed by atoms with van der Waals surface area (Å²) in [5, 5.41) is 10.5. The van der Waals surface area contributed by atoms with Crippen molar-refractivity contribution in [2.75, 3.05) is 7.11 Å². The van der Waals surface area contributed by atoms with E-state index in [-0.39, 0.29) is 11.4 Å². The summed E-state index contributed by atoms with van der Waals surface area (Å²) >= 11 is 0. The van der Waals surface area contributed by atoms with E-state index in [1.165, 1.54) is 5.57 Å². The Hall–Kier alpha value is -1.64. The van der Waals surface area contributed by atoms with E-state index in [1.807, 2.05) is 33.8 Å². The van der Waals surface area contributed by atoms with Crippen LogP contribution in [0.25, 0.3) is 0 Å². The number of benzene rings is 1. The third kappa shape index (κ3) is 2.92. The Labute approximate surface area is 121 Å². The van der Waals surface area contributed by atoms with Crippen LogP contribution in [0.1, 0.15) is 45.2 Å². The number of aromatic hydroxyl groups is 1. The molecule has 0 aliphatic carbocycles. The number of fused-ring (bicyclic) bond motifs is 1. The molecule has 2 rings (SSSR count). The van der Waals surface area contributed by atoms with E-state index in [4.69, 9.17) is 9.47 Å². The highest BCUT2D eigenvalue weighted by Crippen LogP contribution is 2.46. The fourth-order valence-electron chi connectivity index (χ4n) is 2.47. The first-order valence-corrected chi connectivity index (χ1v) is 7.08. The summed E-state index contributed by atoms with van der Waals surface area (Å²) in [5.74, 6) is 1.66. The van der Waals surface area contributed by atoms with Gasteiger partial charge in [-0.2, -0.15) is 0 Å². The van der Waals surface area contributed by atoms with Crippen LogP contribution >= 0.6 is 0 Å². The summed E-state index contributed by atoms with van der Waals surface area (Å²) in [7, 11) is 1.66. The van der Waals surface area contributed by atoms with E-state index < -0.39 is 0 Å². The minimum absolute atomic E-state index is 0.245. The molecule has 1 aliphatic heterocycles. The Morgan fingerprint density at radius 2 is 2.15 bits per heavy atom. The average molecular weight is 276 g/mol. The maximum Gasteiger partial charge on any atom is 0.168 e. The molecule has 0 spiro atoms. The van der Waals surface area contributed by atoms with E-state index in [0.29, 0.717) is 12.2 Å². The molecule has 0 saturated heterocycles. The first-order chi connectivity index (χ1) is 9.34. The van der Waals surface area contributed by atoms with Crippen LogP contribution in [0.15, 0.2) is 17.7 Å². The number of hydrogen-bond donors (Lipinski definition) is 1. The molecule has 0 bridgehead atoms. The van der Waals surface area contributed by atoms with Crippen LogP contribution < -0.4 is 9.47 Å². The van der Waals surface area contributed by atoms with Crippen LogP contribution in [0, 0.1) is 0 Å². The average Bonchev–Trinajstić information content (AvgIpc) is 2.37. The second-order valence-corrected chi connectivity index (χ2v) is 6.24. The minimum Gasteiger partial charge on any atom is -0.504 e. The molecule has 0 radical (unpaired) electrons. The van der Waals surface area contributed by atoms with Crippen molar-refractivity contribution in [3.05, 3.63) is 28.8 Å². The van der Waals surface area contributed by atoms with Crippen LogP contribution in [-0.2, 0) is 12.8 Å². The smallest absolute Gasteiger partial charge is 0.168 e. The lowest BCUT2D eigenvalue weighted by Gasteiger charge is -2.34. The Balaban J connectivity index is 2.49. The summed E-state index contributed by atoms with van der Waals surface area (Å²) in [6.07, 6.45) is 4.56. The van der Waals surface area contributed by atoms with Gasteiger partial charge in [0.1, 0.15) is 11.4 Å². The first-order valence-electron chi connectivity index (χ1n) is 7.08. The lowest BCUT2D eigenvalue weighted by atomic mass is 9.91. The fourth-order valence-corrected chi connectivity index (χ4v) is 2.47. The molecule has 0 aromatic heterocycles. The van der Waals surface area contributed by atoms with Crippen LogP contribution in [0.5, 0.6) is 17.2 Å². The standard InChI is InChI=1S/C17H24O3/c1-11(2)6-7-12-10-14(19-5)13-8-9-17(3,4)20-16(13)15(12)18/h6,10,18H,7-9H2,1-5H3. The van der Waals surface area contributed by atoms with Crippen molar-refractivity contribution in [2.45, 2.75) is 52.6 Å². The highest BCUT2D eigenvalue weighted by atomic mass is 16.5. The van der Waals surface area contributed by atoms with Crippen LogP contribution in [0.4, 0.5) is 0 Å². The van der Waals surface area contributed by atoms with Crippen LogP contribution in [0.3, 0.4) is 0 Å². The van der Waals surface area contributed by atoms with Gasteiger partial charge in [-0.05, 0) is 53.0 Å². The van der Waals surface area contributed by atoms with Gasteiger partial charge < -0.3 is 14.6 Å². The summed E-state index contributed by atoms with van der Waals surface area (Å²) < 4.78 is 11.5. The van der Waals surface area contributed by atoms with Gasteiger partial charge >= 0.3 is 0 Å². The van der Waals surface area contributed by atoms with Crippen molar-refractivity contribution in [1.29, 1.82) is 0 Å².